The van der Waals surface area contributed by atoms with Crippen molar-refractivity contribution in [3.05, 3.63) is 57.0 Å². The predicted molar refractivity (Wildman–Crippen MR) is 80.3 cm³/mol. The summed E-state index contributed by atoms with van der Waals surface area (Å²) >= 11 is 17.5. The van der Waals surface area contributed by atoms with Crippen LogP contribution in [0.4, 0.5) is 11.4 Å². The summed E-state index contributed by atoms with van der Waals surface area (Å²) in [5, 5.41) is 3.89. The number of hydrogen-bond donors (Lipinski definition) is 2. The van der Waals surface area contributed by atoms with Crippen molar-refractivity contribution in [2.24, 2.45) is 0 Å². The van der Waals surface area contributed by atoms with Crippen LogP contribution in [0.25, 0.3) is 0 Å². The first-order valence-corrected chi connectivity index (χ1v) is 6.42. The molecule has 98 valence electrons. The normalized spacial score (nSPS) is 10.3. The van der Waals surface area contributed by atoms with Gasteiger partial charge in [-0.15, -0.1) is 0 Å². The van der Waals surface area contributed by atoms with E-state index in [1.807, 2.05) is 0 Å². The zero-order valence-electron chi connectivity index (χ0n) is 9.58. The number of benzene rings is 2. The molecule has 6 heteroatoms. The molecule has 0 radical (unpaired) electrons. The average molecular weight is 316 g/mol. The molecule has 0 aromatic heterocycles. The first kappa shape index (κ1) is 14.0. The number of nitrogens with one attached hydrogen (secondary N) is 1. The van der Waals surface area contributed by atoms with Gasteiger partial charge < -0.3 is 11.1 Å². The van der Waals surface area contributed by atoms with E-state index in [2.05, 4.69) is 5.32 Å². The molecular formula is C13H9Cl3N2O. The van der Waals surface area contributed by atoms with Crippen molar-refractivity contribution in [2.45, 2.75) is 0 Å². The molecule has 19 heavy (non-hydrogen) atoms. The Kier molecular flexibility index (Phi) is 4.20. The SMILES string of the molecule is Nc1ccc(Cl)cc1C(=O)Nc1ccc(Cl)c(Cl)c1. The Balaban J connectivity index is 2.25. The highest BCUT2D eigenvalue weighted by Crippen LogP contribution is 2.26. The number of halogens is 3. The van der Waals surface area contributed by atoms with Gasteiger partial charge in [-0.3, -0.25) is 4.79 Å². The van der Waals surface area contributed by atoms with Crippen LogP contribution in [-0.4, -0.2) is 5.91 Å². The lowest BCUT2D eigenvalue weighted by atomic mass is 10.1. The Labute approximate surface area is 125 Å². The van der Waals surface area contributed by atoms with Crippen LogP contribution >= 0.6 is 34.8 Å². The summed E-state index contributed by atoms with van der Waals surface area (Å²) in [5.74, 6) is -0.363. The number of nitrogens with two attached hydrogens (primary N) is 1. The number of hydrogen-bond acceptors (Lipinski definition) is 2. The van der Waals surface area contributed by atoms with E-state index < -0.39 is 0 Å². The van der Waals surface area contributed by atoms with Crippen LogP contribution < -0.4 is 11.1 Å². The molecule has 3 N–H and O–H groups in total. The van der Waals surface area contributed by atoms with Gasteiger partial charge in [0.05, 0.1) is 15.6 Å². The minimum absolute atomic E-state index is 0.304. The minimum Gasteiger partial charge on any atom is -0.398 e. The van der Waals surface area contributed by atoms with Crippen LogP contribution in [-0.2, 0) is 0 Å². The van der Waals surface area contributed by atoms with E-state index in [0.717, 1.165) is 0 Å². The van der Waals surface area contributed by atoms with E-state index in [-0.39, 0.29) is 5.91 Å². The first-order chi connectivity index (χ1) is 8.97. The van der Waals surface area contributed by atoms with E-state index in [1.165, 1.54) is 6.07 Å². The molecule has 0 fully saturated rings. The van der Waals surface area contributed by atoms with Crippen LogP contribution in [0.15, 0.2) is 36.4 Å². The van der Waals surface area contributed by atoms with Gasteiger partial charge in [-0.1, -0.05) is 34.8 Å². The molecule has 0 spiro atoms. The summed E-state index contributed by atoms with van der Waals surface area (Å²) in [6.07, 6.45) is 0. The minimum atomic E-state index is -0.363. The van der Waals surface area contributed by atoms with Crippen LogP contribution in [0.5, 0.6) is 0 Å². The topological polar surface area (TPSA) is 55.1 Å². The fourth-order valence-corrected chi connectivity index (χ4v) is 1.97. The summed E-state index contributed by atoms with van der Waals surface area (Å²) in [6, 6.07) is 9.50. The highest BCUT2D eigenvalue weighted by molar-refractivity contribution is 6.42. The second kappa shape index (κ2) is 5.70. The second-order valence-corrected chi connectivity index (χ2v) is 5.07. The molecule has 0 heterocycles. The summed E-state index contributed by atoms with van der Waals surface area (Å²) in [6.45, 7) is 0. The maximum absolute atomic E-state index is 12.1. The molecule has 0 bridgehead atoms. The molecule has 0 atom stereocenters. The van der Waals surface area contributed by atoms with Crippen LogP contribution in [0.2, 0.25) is 15.1 Å². The number of rotatable bonds is 2. The van der Waals surface area contributed by atoms with Crippen molar-refractivity contribution < 1.29 is 4.79 Å². The van der Waals surface area contributed by atoms with Gasteiger partial charge in [0.15, 0.2) is 0 Å². The zero-order valence-corrected chi connectivity index (χ0v) is 11.9. The summed E-state index contributed by atoms with van der Waals surface area (Å²) < 4.78 is 0. The number of nitrogen functional groups attached to an aromatic ring is 1. The number of anilines is 2. The van der Waals surface area contributed by atoms with Gasteiger partial charge >= 0.3 is 0 Å². The fraction of sp³-hybridized carbons (Fsp3) is 0. The number of carbonyl (C=O) groups is 1. The average Bonchev–Trinajstić information content (AvgIpc) is 2.36. The van der Waals surface area contributed by atoms with E-state index in [4.69, 9.17) is 40.5 Å². The number of carbonyl (C=O) groups excluding carboxylic acids is 1. The Hall–Kier alpha value is -1.42. The third-order valence-corrected chi connectivity index (χ3v) is 3.41. The maximum Gasteiger partial charge on any atom is 0.257 e. The molecule has 3 nitrogen and oxygen atoms in total. The third-order valence-electron chi connectivity index (χ3n) is 2.44. The van der Waals surface area contributed by atoms with E-state index in [1.54, 1.807) is 30.3 Å². The quantitative estimate of drug-likeness (QED) is 0.803. The molecule has 0 saturated carbocycles. The second-order valence-electron chi connectivity index (χ2n) is 3.81. The van der Waals surface area contributed by atoms with Crippen molar-refractivity contribution in [2.75, 3.05) is 11.1 Å². The van der Waals surface area contributed by atoms with Crippen LogP contribution in [0.3, 0.4) is 0 Å². The largest absolute Gasteiger partial charge is 0.398 e. The van der Waals surface area contributed by atoms with Crippen LogP contribution in [0.1, 0.15) is 10.4 Å². The van der Waals surface area contributed by atoms with E-state index >= 15 is 0 Å². The van der Waals surface area contributed by atoms with Gasteiger partial charge in [0.2, 0.25) is 0 Å². The van der Waals surface area contributed by atoms with Crippen molar-refractivity contribution >= 4 is 52.1 Å². The molecule has 0 aliphatic heterocycles. The van der Waals surface area contributed by atoms with Gasteiger partial charge in [-0.25, -0.2) is 0 Å². The Morgan fingerprint density at radius 3 is 2.42 bits per heavy atom. The summed E-state index contributed by atoms with van der Waals surface area (Å²) in [7, 11) is 0. The highest BCUT2D eigenvalue weighted by atomic mass is 35.5. The van der Waals surface area contributed by atoms with Crippen molar-refractivity contribution in [3.8, 4) is 0 Å². The standard InChI is InChI=1S/C13H9Cl3N2O/c14-7-1-4-12(17)9(5-7)13(19)18-8-2-3-10(15)11(16)6-8/h1-6H,17H2,(H,18,19). The zero-order chi connectivity index (χ0) is 14.0. The van der Waals surface area contributed by atoms with Crippen molar-refractivity contribution in [3.63, 3.8) is 0 Å². The highest BCUT2D eigenvalue weighted by Gasteiger charge is 2.11. The molecule has 2 aromatic rings. The Bertz CT molecular complexity index is 644. The van der Waals surface area contributed by atoms with Gasteiger partial charge in [0.1, 0.15) is 0 Å². The summed E-state index contributed by atoms with van der Waals surface area (Å²) in [4.78, 5) is 12.1. The predicted octanol–water partition coefficient (Wildman–Crippen LogP) is 4.48. The lowest BCUT2D eigenvalue weighted by Crippen LogP contribution is -2.14. The molecule has 0 aliphatic rings. The molecule has 0 saturated heterocycles. The van der Waals surface area contributed by atoms with E-state index in [9.17, 15) is 4.79 Å². The van der Waals surface area contributed by atoms with Gasteiger partial charge in [-0.2, -0.15) is 0 Å². The molecule has 2 rings (SSSR count). The van der Waals surface area contributed by atoms with Gasteiger partial charge in [0.25, 0.3) is 5.91 Å². The molecule has 1 amide bonds. The molecular weight excluding hydrogens is 307 g/mol. The van der Waals surface area contributed by atoms with Gasteiger partial charge in [0, 0.05) is 16.4 Å². The molecule has 0 unspecified atom stereocenters. The third kappa shape index (κ3) is 3.32. The van der Waals surface area contributed by atoms with Crippen LogP contribution in [0, 0.1) is 0 Å². The van der Waals surface area contributed by atoms with Gasteiger partial charge in [-0.05, 0) is 36.4 Å². The summed E-state index contributed by atoms with van der Waals surface area (Å²) in [5.41, 5.74) is 6.91. The monoisotopic (exact) mass is 314 g/mol. The maximum atomic E-state index is 12.1. The van der Waals surface area contributed by atoms with E-state index in [0.29, 0.717) is 32.0 Å². The lowest BCUT2D eigenvalue weighted by Gasteiger charge is -2.08. The smallest absolute Gasteiger partial charge is 0.257 e. The lowest BCUT2D eigenvalue weighted by molar-refractivity contribution is 0.102. The first-order valence-electron chi connectivity index (χ1n) is 5.29. The number of amides is 1. The van der Waals surface area contributed by atoms with Crippen molar-refractivity contribution in [1.82, 2.24) is 0 Å². The Morgan fingerprint density at radius 2 is 1.74 bits per heavy atom. The van der Waals surface area contributed by atoms with Crippen molar-refractivity contribution in [1.29, 1.82) is 0 Å². The Morgan fingerprint density at radius 1 is 1.00 bits per heavy atom. The molecule has 2 aromatic carbocycles. The molecule has 0 aliphatic carbocycles. The fourth-order valence-electron chi connectivity index (χ4n) is 1.50.